The maximum atomic E-state index is 12.5. The van der Waals surface area contributed by atoms with Gasteiger partial charge in [0, 0.05) is 64.6 Å². The van der Waals surface area contributed by atoms with Gasteiger partial charge in [0.1, 0.15) is 11.5 Å². The van der Waals surface area contributed by atoms with E-state index in [1.54, 1.807) is 0 Å². The summed E-state index contributed by atoms with van der Waals surface area (Å²) in [7, 11) is 2.15. The molecular weight excluding hydrogens is 492 g/mol. The van der Waals surface area contributed by atoms with Crippen molar-refractivity contribution in [2.45, 2.75) is 0 Å². The fraction of sp³-hybridized carbons (Fsp3) is 0.192. The van der Waals surface area contributed by atoms with Gasteiger partial charge in [-0.25, -0.2) is 4.98 Å². The molecule has 4 aromatic rings. The summed E-state index contributed by atoms with van der Waals surface area (Å²) in [5, 5.41) is 11.7. The van der Waals surface area contributed by atoms with E-state index in [2.05, 4.69) is 60.4 Å². The number of pyridine rings is 1. The molecule has 0 radical (unpaired) electrons. The lowest BCUT2D eigenvalue weighted by Gasteiger charge is -2.33. The van der Waals surface area contributed by atoms with Gasteiger partial charge in [-0.3, -0.25) is 9.89 Å². The second-order valence-electron chi connectivity index (χ2n) is 8.77. The Morgan fingerprint density at radius 1 is 1.03 bits per heavy atom. The number of amides is 1. The van der Waals surface area contributed by atoms with Crippen LogP contribution in [0, 0.1) is 0 Å². The number of likely N-dealkylation sites (N-methyl/N-ethyl adjacent to an activating group) is 1. The van der Waals surface area contributed by atoms with E-state index >= 15 is 0 Å². The van der Waals surface area contributed by atoms with E-state index in [9.17, 15) is 4.79 Å². The summed E-state index contributed by atoms with van der Waals surface area (Å²) in [5.74, 6) is 0.914. The molecule has 2 aromatic carbocycles. The Balaban J connectivity index is 1.29. The third kappa shape index (κ3) is 3.78. The first-order valence-electron chi connectivity index (χ1n) is 11.3. The van der Waals surface area contributed by atoms with Gasteiger partial charge in [0.2, 0.25) is 0 Å². The molecule has 34 heavy (non-hydrogen) atoms. The van der Waals surface area contributed by atoms with E-state index in [-0.39, 0.29) is 5.91 Å². The van der Waals surface area contributed by atoms with Crippen LogP contribution < -0.4 is 10.2 Å². The minimum absolute atomic E-state index is 0.0926. The van der Waals surface area contributed by atoms with Crippen LogP contribution in [0.4, 0.5) is 11.5 Å². The zero-order chi connectivity index (χ0) is 23.2. The molecule has 6 rings (SSSR count). The number of anilines is 2. The molecular formula is C26H23BrN6O. The highest BCUT2D eigenvalue weighted by molar-refractivity contribution is 9.10. The van der Waals surface area contributed by atoms with Crippen molar-refractivity contribution < 1.29 is 4.79 Å². The second kappa shape index (κ2) is 8.38. The van der Waals surface area contributed by atoms with Crippen molar-refractivity contribution in [2.75, 3.05) is 43.4 Å². The molecule has 0 saturated carbocycles. The summed E-state index contributed by atoms with van der Waals surface area (Å²) in [6, 6.07) is 16.0. The van der Waals surface area contributed by atoms with E-state index in [4.69, 9.17) is 4.98 Å². The Bertz CT molecular complexity index is 1430. The van der Waals surface area contributed by atoms with Gasteiger partial charge in [-0.1, -0.05) is 22.0 Å². The van der Waals surface area contributed by atoms with Gasteiger partial charge in [0.05, 0.1) is 5.52 Å². The second-order valence-corrected chi connectivity index (χ2v) is 9.69. The zero-order valence-corrected chi connectivity index (χ0v) is 20.3. The molecule has 170 valence electrons. The maximum Gasteiger partial charge on any atom is 0.256 e. The number of hydrogen-bond acceptors (Lipinski definition) is 5. The number of benzene rings is 2. The summed E-state index contributed by atoms with van der Waals surface area (Å²) in [6.45, 7) is 4.09. The van der Waals surface area contributed by atoms with Gasteiger partial charge in [0.25, 0.3) is 5.91 Å². The smallest absolute Gasteiger partial charge is 0.256 e. The number of rotatable bonds is 3. The van der Waals surface area contributed by atoms with Crippen LogP contribution in [0.25, 0.3) is 33.8 Å². The monoisotopic (exact) mass is 514 g/mol. The number of carbonyl (C=O) groups excluding carboxylic acids is 1. The molecule has 4 heterocycles. The predicted molar refractivity (Wildman–Crippen MR) is 140 cm³/mol. The molecule has 2 N–H and O–H groups in total. The van der Waals surface area contributed by atoms with E-state index in [0.29, 0.717) is 5.57 Å². The molecule has 8 heteroatoms. The Morgan fingerprint density at radius 2 is 1.88 bits per heavy atom. The van der Waals surface area contributed by atoms with Crippen molar-refractivity contribution in [2.24, 2.45) is 0 Å². The van der Waals surface area contributed by atoms with E-state index in [1.165, 1.54) is 0 Å². The van der Waals surface area contributed by atoms with Gasteiger partial charge in [-0.15, -0.1) is 0 Å². The van der Waals surface area contributed by atoms with Gasteiger partial charge < -0.3 is 15.1 Å². The van der Waals surface area contributed by atoms with Crippen LogP contribution in [0.3, 0.4) is 0 Å². The van der Waals surface area contributed by atoms with Crippen molar-refractivity contribution in [3.63, 3.8) is 0 Å². The number of fused-ring (bicyclic) bond motifs is 2. The van der Waals surface area contributed by atoms with Crippen LogP contribution in [0.2, 0.25) is 0 Å². The SMILES string of the molecule is CN1CCN(c2ccc(-c3n[nH]c4cc(/C=C5\C(=O)Nc6ccc(Br)cc65)ccc34)cn2)CC1. The van der Waals surface area contributed by atoms with Gasteiger partial charge in [-0.05, 0) is 61.2 Å². The Hall–Kier alpha value is -3.49. The van der Waals surface area contributed by atoms with Gasteiger partial charge in [0.15, 0.2) is 0 Å². The molecule has 0 atom stereocenters. The third-order valence-electron chi connectivity index (χ3n) is 6.51. The fourth-order valence-electron chi connectivity index (χ4n) is 4.57. The highest BCUT2D eigenvalue weighted by Gasteiger charge is 2.24. The van der Waals surface area contributed by atoms with Crippen LogP contribution in [0.5, 0.6) is 0 Å². The molecule has 0 spiro atoms. The van der Waals surface area contributed by atoms with Crippen LogP contribution in [0.1, 0.15) is 11.1 Å². The minimum atomic E-state index is -0.0926. The minimum Gasteiger partial charge on any atom is -0.354 e. The van der Waals surface area contributed by atoms with E-state index in [1.807, 2.05) is 48.7 Å². The number of nitrogens with zero attached hydrogens (tertiary/aromatic N) is 4. The lowest BCUT2D eigenvalue weighted by atomic mass is 10.0. The number of piperazine rings is 1. The average molecular weight is 515 g/mol. The van der Waals surface area contributed by atoms with Crippen molar-refractivity contribution in [3.8, 4) is 11.3 Å². The van der Waals surface area contributed by atoms with E-state index < -0.39 is 0 Å². The first-order chi connectivity index (χ1) is 16.5. The number of hydrogen-bond donors (Lipinski definition) is 2. The predicted octanol–water partition coefficient (Wildman–Crippen LogP) is 4.63. The number of aromatic nitrogens is 3. The molecule has 0 unspecified atom stereocenters. The summed E-state index contributed by atoms with van der Waals surface area (Å²) < 4.78 is 0.939. The lowest BCUT2D eigenvalue weighted by molar-refractivity contribution is -0.110. The maximum absolute atomic E-state index is 12.5. The summed E-state index contributed by atoms with van der Waals surface area (Å²) in [4.78, 5) is 21.9. The summed E-state index contributed by atoms with van der Waals surface area (Å²) in [6.07, 6.45) is 3.82. The van der Waals surface area contributed by atoms with Crippen LogP contribution in [-0.4, -0.2) is 59.2 Å². The third-order valence-corrected chi connectivity index (χ3v) is 7.00. The molecule has 0 aliphatic carbocycles. The Kier molecular flexibility index (Phi) is 5.19. The van der Waals surface area contributed by atoms with Crippen molar-refractivity contribution in [1.82, 2.24) is 20.1 Å². The lowest BCUT2D eigenvalue weighted by Crippen LogP contribution is -2.44. The summed E-state index contributed by atoms with van der Waals surface area (Å²) >= 11 is 3.50. The molecule has 0 bridgehead atoms. The highest BCUT2D eigenvalue weighted by Crippen LogP contribution is 2.35. The van der Waals surface area contributed by atoms with Crippen LogP contribution in [0.15, 0.2) is 59.2 Å². The quantitative estimate of drug-likeness (QED) is 0.389. The molecule has 1 saturated heterocycles. The molecule has 1 fully saturated rings. The Morgan fingerprint density at radius 3 is 2.68 bits per heavy atom. The summed E-state index contributed by atoms with van der Waals surface area (Å²) in [5.41, 5.74) is 6.08. The molecule has 2 aliphatic heterocycles. The Labute approximate surface area is 205 Å². The molecule has 7 nitrogen and oxygen atoms in total. The number of aromatic amines is 1. The fourth-order valence-corrected chi connectivity index (χ4v) is 4.93. The number of nitrogens with one attached hydrogen (secondary N) is 2. The molecule has 1 amide bonds. The first-order valence-corrected chi connectivity index (χ1v) is 12.1. The number of H-pyrrole nitrogens is 1. The first kappa shape index (κ1) is 21.1. The normalized spacial score (nSPS) is 17.4. The van der Waals surface area contributed by atoms with Crippen molar-refractivity contribution in [1.29, 1.82) is 0 Å². The number of carbonyl (C=O) groups is 1. The average Bonchev–Trinajstić information content (AvgIpc) is 3.40. The zero-order valence-electron chi connectivity index (χ0n) is 18.7. The van der Waals surface area contributed by atoms with Crippen molar-refractivity contribution >= 4 is 55.9 Å². The van der Waals surface area contributed by atoms with E-state index in [0.717, 1.165) is 75.4 Å². The van der Waals surface area contributed by atoms with Crippen LogP contribution in [-0.2, 0) is 4.79 Å². The molecule has 2 aliphatic rings. The largest absolute Gasteiger partial charge is 0.354 e. The van der Waals surface area contributed by atoms with Crippen LogP contribution >= 0.6 is 15.9 Å². The highest BCUT2D eigenvalue weighted by atomic mass is 79.9. The molecule has 2 aromatic heterocycles. The van der Waals surface area contributed by atoms with Gasteiger partial charge in [-0.2, -0.15) is 5.10 Å². The standard InChI is InChI=1S/C26H23BrN6O/c1-32-8-10-33(11-9-32)24-7-3-17(15-28-24)25-19-5-2-16(13-23(19)30-31-25)12-21-20-14-18(27)4-6-22(20)29-26(21)34/h2-7,12-15H,8-11H2,1H3,(H,29,34)(H,30,31)/b21-12-. The van der Waals surface area contributed by atoms with Gasteiger partial charge >= 0.3 is 0 Å². The number of halogens is 1. The topological polar surface area (TPSA) is 77.1 Å². The van der Waals surface area contributed by atoms with Crippen molar-refractivity contribution in [3.05, 3.63) is 70.3 Å².